The number of anilines is 1. The molecule has 9 heteroatoms. The van der Waals surface area contributed by atoms with Gasteiger partial charge in [0, 0.05) is 21.7 Å². The number of aromatic nitrogens is 1. The number of esters is 1. The van der Waals surface area contributed by atoms with E-state index < -0.39 is 5.97 Å². The van der Waals surface area contributed by atoms with E-state index in [1.54, 1.807) is 54.6 Å². The Morgan fingerprint density at radius 3 is 2.61 bits per heavy atom. The maximum Gasteiger partial charge on any atom is 0.337 e. The molecule has 0 spiro atoms. The Kier molecular flexibility index (Phi) is 6.08. The minimum Gasteiger partial charge on any atom is -0.465 e. The molecule has 2 aromatic heterocycles. The van der Waals surface area contributed by atoms with Crippen molar-refractivity contribution in [1.29, 1.82) is 0 Å². The fourth-order valence-electron chi connectivity index (χ4n) is 2.82. The van der Waals surface area contributed by atoms with Gasteiger partial charge in [-0.25, -0.2) is 9.78 Å². The van der Waals surface area contributed by atoms with Crippen LogP contribution in [0.3, 0.4) is 0 Å². The highest BCUT2D eigenvalue weighted by atomic mass is 35.5. The number of furan rings is 1. The van der Waals surface area contributed by atoms with E-state index in [1.165, 1.54) is 24.5 Å². The van der Waals surface area contributed by atoms with Crippen molar-refractivity contribution >= 4 is 67.8 Å². The molecule has 6 nitrogen and oxygen atoms in total. The molecule has 0 aliphatic rings. The van der Waals surface area contributed by atoms with Crippen molar-refractivity contribution in [2.24, 2.45) is 0 Å². The molecule has 0 saturated heterocycles. The summed E-state index contributed by atoms with van der Waals surface area (Å²) >= 11 is 13.3. The number of benzene rings is 2. The van der Waals surface area contributed by atoms with Gasteiger partial charge in [0.2, 0.25) is 5.91 Å². The van der Waals surface area contributed by atoms with Gasteiger partial charge in [0.25, 0.3) is 0 Å². The molecule has 2 aromatic carbocycles. The molecule has 4 aromatic rings. The minimum absolute atomic E-state index is 0.365. The van der Waals surface area contributed by atoms with Gasteiger partial charge in [-0.2, -0.15) is 0 Å². The first-order chi connectivity index (χ1) is 14.9. The highest BCUT2D eigenvalue weighted by molar-refractivity contribution is 7.22. The van der Waals surface area contributed by atoms with E-state index in [4.69, 9.17) is 32.4 Å². The van der Waals surface area contributed by atoms with Gasteiger partial charge < -0.3 is 9.15 Å². The number of hydrogen-bond donors (Lipinski definition) is 1. The molecule has 156 valence electrons. The average Bonchev–Trinajstić information content (AvgIpc) is 3.37. The second-order valence-corrected chi connectivity index (χ2v) is 8.28. The normalized spacial score (nSPS) is 11.2. The molecule has 1 amide bonds. The van der Waals surface area contributed by atoms with Crippen molar-refractivity contribution < 1.29 is 18.7 Å². The number of hydrogen-bond acceptors (Lipinski definition) is 6. The molecule has 4 rings (SSSR count). The SMILES string of the molecule is COC(=O)c1ccc2nc(NC(=O)/C=C/c3ccc(-c4cc(Cl)cc(Cl)c4)o3)sc2c1. The van der Waals surface area contributed by atoms with Crippen LogP contribution in [0.1, 0.15) is 16.1 Å². The first-order valence-electron chi connectivity index (χ1n) is 8.95. The zero-order valence-electron chi connectivity index (χ0n) is 16.0. The van der Waals surface area contributed by atoms with E-state index in [0.717, 1.165) is 10.3 Å². The lowest BCUT2D eigenvalue weighted by molar-refractivity contribution is -0.111. The standard InChI is InChI=1S/C22H14Cl2N2O4S/c1-29-21(28)12-2-5-17-19(10-12)31-22(25-17)26-20(27)7-4-16-3-6-18(30-16)13-8-14(23)11-15(24)9-13/h2-11H,1H3,(H,25,26,27)/b7-4+. The van der Waals surface area contributed by atoms with E-state index in [1.807, 2.05) is 0 Å². The summed E-state index contributed by atoms with van der Waals surface area (Å²) in [5.41, 5.74) is 1.83. The zero-order valence-corrected chi connectivity index (χ0v) is 18.3. The number of thiazole rings is 1. The van der Waals surface area contributed by atoms with Gasteiger partial charge in [-0.15, -0.1) is 0 Å². The van der Waals surface area contributed by atoms with Gasteiger partial charge in [-0.1, -0.05) is 34.5 Å². The highest BCUT2D eigenvalue weighted by Gasteiger charge is 2.11. The summed E-state index contributed by atoms with van der Waals surface area (Å²) in [5, 5.41) is 4.13. The van der Waals surface area contributed by atoms with Crippen molar-refractivity contribution in [2.75, 3.05) is 12.4 Å². The van der Waals surface area contributed by atoms with Crippen LogP contribution < -0.4 is 5.32 Å². The monoisotopic (exact) mass is 472 g/mol. The Balaban J connectivity index is 1.45. The molecular formula is C22H14Cl2N2O4S. The molecule has 0 saturated carbocycles. The van der Waals surface area contributed by atoms with Crippen LogP contribution >= 0.6 is 34.5 Å². The number of fused-ring (bicyclic) bond motifs is 1. The highest BCUT2D eigenvalue weighted by Crippen LogP contribution is 2.29. The lowest BCUT2D eigenvalue weighted by Crippen LogP contribution is -2.07. The summed E-state index contributed by atoms with van der Waals surface area (Å²) < 4.78 is 11.2. The number of amides is 1. The van der Waals surface area contributed by atoms with E-state index in [-0.39, 0.29) is 5.91 Å². The summed E-state index contributed by atoms with van der Waals surface area (Å²) in [4.78, 5) is 28.3. The van der Waals surface area contributed by atoms with Crippen LogP contribution in [-0.2, 0) is 9.53 Å². The fraction of sp³-hybridized carbons (Fsp3) is 0.0455. The molecule has 0 unspecified atom stereocenters. The molecule has 0 aliphatic heterocycles. The van der Waals surface area contributed by atoms with Crippen LogP contribution in [0, 0.1) is 0 Å². The number of halogens is 2. The number of rotatable bonds is 5. The van der Waals surface area contributed by atoms with Crippen LogP contribution in [0.4, 0.5) is 5.13 Å². The van der Waals surface area contributed by atoms with E-state index in [2.05, 4.69) is 10.3 Å². The third-order valence-electron chi connectivity index (χ3n) is 4.21. The Morgan fingerprint density at radius 1 is 1.10 bits per heavy atom. The topological polar surface area (TPSA) is 81.4 Å². The lowest BCUT2D eigenvalue weighted by Gasteiger charge is -1.99. The fourth-order valence-corrected chi connectivity index (χ4v) is 4.26. The average molecular weight is 473 g/mol. The number of carbonyl (C=O) groups excluding carboxylic acids is 2. The summed E-state index contributed by atoms with van der Waals surface area (Å²) in [5.74, 6) is 0.281. The largest absolute Gasteiger partial charge is 0.465 e. The second-order valence-electron chi connectivity index (χ2n) is 6.38. The Morgan fingerprint density at radius 2 is 1.87 bits per heavy atom. The van der Waals surface area contributed by atoms with Gasteiger partial charge in [0.15, 0.2) is 5.13 Å². The van der Waals surface area contributed by atoms with Gasteiger partial charge in [-0.3, -0.25) is 10.1 Å². The van der Waals surface area contributed by atoms with Crippen molar-refractivity contribution in [3.05, 3.63) is 76.0 Å². The predicted octanol–water partition coefficient (Wildman–Crippen LogP) is 6.30. The maximum absolute atomic E-state index is 12.3. The number of ether oxygens (including phenoxy) is 1. The quantitative estimate of drug-likeness (QED) is 0.272. The van der Waals surface area contributed by atoms with E-state index in [0.29, 0.717) is 37.8 Å². The molecule has 0 bridgehead atoms. The summed E-state index contributed by atoms with van der Waals surface area (Å²) in [7, 11) is 1.32. The second kappa shape index (κ2) is 8.93. The smallest absolute Gasteiger partial charge is 0.337 e. The maximum atomic E-state index is 12.3. The number of methoxy groups -OCH3 is 1. The third-order valence-corrected chi connectivity index (χ3v) is 5.58. The van der Waals surface area contributed by atoms with Crippen molar-refractivity contribution in [1.82, 2.24) is 4.98 Å². The van der Waals surface area contributed by atoms with Gasteiger partial charge in [0.1, 0.15) is 11.5 Å². The van der Waals surface area contributed by atoms with E-state index in [9.17, 15) is 9.59 Å². The van der Waals surface area contributed by atoms with Gasteiger partial charge >= 0.3 is 5.97 Å². The molecule has 31 heavy (non-hydrogen) atoms. The minimum atomic E-state index is -0.429. The van der Waals surface area contributed by atoms with Crippen LogP contribution in [0.2, 0.25) is 10.0 Å². The van der Waals surface area contributed by atoms with Crippen molar-refractivity contribution in [3.63, 3.8) is 0 Å². The first kappa shape index (κ1) is 21.1. The Labute approximate surface area is 191 Å². The predicted molar refractivity (Wildman–Crippen MR) is 123 cm³/mol. The summed E-state index contributed by atoms with van der Waals surface area (Å²) in [6.45, 7) is 0. The first-order valence-corrected chi connectivity index (χ1v) is 10.5. The van der Waals surface area contributed by atoms with Crippen LogP contribution in [0.5, 0.6) is 0 Å². The molecule has 0 radical (unpaired) electrons. The Hall–Kier alpha value is -3.13. The molecule has 0 atom stereocenters. The molecule has 1 N–H and O–H groups in total. The zero-order chi connectivity index (χ0) is 22.0. The van der Waals surface area contributed by atoms with Crippen molar-refractivity contribution in [3.8, 4) is 11.3 Å². The number of carbonyl (C=O) groups is 2. The van der Waals surface area contributed by atoms with Crippen LogP contribution in [0.15, 0.2) is 59.0 Å². The van der Waals surface area contributed by atoms with Crippen molar-refractivity contribution in [2.45, 2.75) is 0 Å². The third kappa shape index (κ3) is 4.96. The Bertz CT molecular complexity index is 1310. The van der Waals surface area contributed by atoms with E-state index >= 15 is 0 Å². The van der Waals surface area contributed by atoms with Gasteiger partial charge in [-0.05, 0) is 54.6 Å². The van der Waals surface area contributed by atoms with Gasteiger partial charge in [0.05, 0.1) is 22.9 Å². The summed E-state index contributed by atoms with van der Waals surface area (Å²) in [6, 6.07) is 13.6. The molecule has 2 heterocycles. The number of nitrogens with zero attached hydrogens (tertiary/aromatic N) is 1. The molecule has 0 fully saturated rings. The van der Waals surface area contributed by atoms with Crippen LogP contribution in [-0.4, -0.2) is 24.0 Å². The summed E-state index contributed by atoms with van der Waals surface area (Å²) in [6.07, 6.45) is 2.90. The number of nitrogens with one attached hydrogen (secondary N) is 1. The molecular weight excluding hydrogens is 459 g/mol. The lowest BCUT2D eigenvalue weighted by atomic mass is 10.2. The van der Waals surface area contributed by atoms with Crippen LogP contribution in [0.25, 0.3) is 27.6 Å². The molecule has 0 aliphatic carbocycles.